The summed E-state index contributed by atoms with van der Waals surface area (Å²) in [5.41, 5.74) is 4.89. The second kappa shape index (κ2) is 8.29. The third kappa shape index (κ3) is 4.03. The van der Waals surface area contributed by atoms with Gasteiger partial charge in [0.1, 0.15) is 0 Å². The highest BCUT2D eigenvalue weighted by atomic mass is 16.2. The summed E-state index contributed by atoms with van der Waals surface area (Å²) in [5, 5.41) is 7.65. The Labute approximate surface area is 166 Å². The van der Waals surface area contributed by atoms with Crippen LogP contribution in [0.4, 0.5) is 0 Å². The molecule has 0 saturated carbocycles. The van der Waals surface area contributed by atoms with Crippen LogP contribution >= 0.6 is 0 Å². The van der Waals surface area contributed by atoms with Crippen molar-refractivity contribution in [2.45, 2.75) is 59.8 Å². The third-order valence-corrected chi connectivity index (χ3v) is 5.57. The van der Waals surface area contributed by atoms with Gasteiger partial charge in [0.2, 0.25) is 11.8 Å². The van der Waals surface area contributed by atoms with Gasteiger partial charge in [0.05, 0.1) is 5.69 Å². The quantitative estimate of drug-likeness (QED) is 0.828. The lowest BCUT2D eigenvalue weighted by atomic mass is 10.1. The predicted octanol–water partition coefficient (Wildman–Crippen LogP) is 2.39. The van der Waals surface area contributed by atoms with E-state index in [2.05, 4.69) is 5.32 Å². The molecule has 1 aliphatic rings. The van der Waals surface area contributed by atoms with Gasteiger partial charge in [-0.15, -0.1) is 0 Å². The highest BCUT2D eigenvalue weighted by Crippen LogP contribution is 2.28. The molecule has 1 atom stereocenters. The van der Waals surface area contributed by atoms with E-state index >= 15 is 0 Å². The lowest BCUT2D eigenvalue weighted by Gasteiger charge is -2.18. The van der Waals surface area contributed by atoms with Gasteiger partial charge in [-0.05, 0) is 39.2 Å². The van der Waals surface area contributed by atoms with Gasteiger partial charge in [0, 0.05) is 55.3 Å². The van der Waals surface area contributed by atoms with Crippen molar-refractivity contribution in [1.29, 1.82) is 0 Å². The number of carbonyl (C=O) groups is 2. The molecule has 152 valence electrons. The molecule has 0 aliphatic carbocycles. The SMILES string of the molecule is CCNC(=O)CCc1c(C)nc2cc([C@H]3CCN(C(=O)C(C)C)C3)nn2c1C. The van der Waals surface area contributed by atoms with E-state index in [1.807, 2.05) is 50.1 Å². The standard InChI is InChI=1S/C21H31N5O2/c1-6-22-20(27)8-7-17-14(4)23-19-11-18(24-26(19)15(17)5)16-9-10-25(12-16)21(28)13(2)3/h11,13,16H,6-10,12H2,1-5H3,(H,22,27)/t16-/m0/s1. The second-order valence-corrected chi connectivity index (χ2v) is 7.98. The Bertz CT molecular complexity index is 887. The molecule has 1 fully saturated rings. The highest BCUT2D eigenvalue weighted by molar-refractivity contribution is 5.78. The summed E-state index contributed by atoms with van der Waals surface area (Å²) in [5.74, 6) is 0.550. The average molecular weight is 386 g/mol. The summed E-state index contributed by atoms with van der Waals surface area (Å²) in [6, 6.07) is 2.04. The van der Waals surface area contributed by atoms with Crippen LogP contribution in [-0.4, -0.2) is 50.9 Å². The lowest BCUT2D eigenvalue weighted by molar-refractivity contribution is -0.133. The fourth-order valence-corrected chi connectivity index (χ4v) is 4.00. The Kier molecular flexibility index (Phi) is 6.01. The molecule has 1 N–H and O–H groups in total. The fraction of sp³-hybridized carbons (Fsp3) is 0.619. The van der Waals surface area contributed by atoms with Crippen LogP contribution in [0.3, 0.4) is 0 Å². The number of hydrogen-bond donors (Lipinski definition) is 1. The van der Waals surface area contributed by atoms with E-state index < -0.39 is 0 Å². The molecule has 2 aromatic heterocycles. The first-order valence-corrected chi connectivity index (χ1v) is 10.2. The minimum Gasteiger partial charge on any atom is -0.356 e. The Morgan fingerprint density at radius 2 is 2.07 bits per heavy atom. The van der Waals surface area contributed by atoms with Crippen molar-refractivity contribution in [3.05, 3.63) is 28.7 Å². The van der Waals surface area contributed by atoms with Crippen LogP contribution in [0.25, 0.3) is 5.65 Å². The number of amides is 2. The Balaban J connectivity index is 1.81. The number of aryl methyl sites for hydroxylation is 2. The van der Waals surface area contributed by atoms with Gasteiger partial charge < -0.3 is 10.2 Å². The monoisotopic (exact) mass is 385 g/mol. The minimum absolute atomic E-state index is 0.0267. The van der Waals surface area contributed by atoms with Crippen molar-refractivity contribution in [1.82, 2.24) is 24.8 Å². The highest BCUT2D eigenvalue weighted by Gasteiger charge is 2.30. The molecule has 1 saturated heterocycles. The van der Waals surface area contributed by atoms with Gasteiger partial charge in [-0.1, -0.05) is 13.8 Å². The normalized spacial score (nSPS) is 16.9. The van der Waals surface area contributed by atoms with Crippen LogP contribution in [0.15, 0.2) is 6.07 Å². The maximum atomic E-state index is 12.3. The van der Waals surface area contributed by atoms with Crippen molar-refractivity contribution in [3.63, 3.8) is 0 Å². The first-order chi connectivity index (χ1) is 13.3. The summed E-state index contributed by atoms with van der Waals surface area (Å²) in [7, 11) is 0. The lowest BCUT2D eigenvalue weighted by Crippen LogP contribution is -2.32. The molecule has 1 aliphatic heterocycles. The molecule has 7 heteroatoms. The van der Waals surface area contributed by atoms with E-state index in [4.69, 9.17) is 10.1 Å². The number of nitrogens with zero attached hydrogens (tertiary/aromatic N) is 4. The molecule has 7 nitrogen and oxygen atoms in total. The van der Waals surface area contributed by atoms with Gasteiger partial charge in [-0.2, -0.15) is 5.10 Å². The minimum atomic E-state index is 0.0267. The third-order valence-electron chi connectivity index (χ3n) is 5.57. The molecule has 0 radical (unpaired) electrons. The van der Waals surface area contributed by atoms with Gasteiger partial charge in [0.15, 0.2) is 5.65 Å². The molecule has 0 spiro atoms. The zero-order valence-electron chi connectivity index (χ0n) is 17.6. The van der Waals surface area contributed by atoms with Crippen LogP contribution < -0.4 is 5.32 Å². The van der Waals surface area contributed by atoms with Crippen LogP contribution in [-0.2, 0) is 16.0 Å². The topological polar surface area (TPSA) is 79.6 Å². The van der Waals surface area contributed by atoms with E-state index in [-0.39, 0.29) is 23.7 Å². The number of rotatable bonds is 6. The number of fused-ring (bicyclic) bond motifs is 1. The predicted molar refractivity (Wildman–Crippen MR) is 108 cm³/mol. The molecular weight excluding hydrogens is 354 g/mol. The van der Waals surface area contributed by atoms with Crippen LogP contribution in [0.5, 0.6) is 0 Å². The molecule has 0 aromatic carbocycles. The Morgan fingerprint density at radius 1 is 1.32 bits per heavy atom. The number of carbonyl (C=O) groups excluding carboxylic acids is 2. The van der Waals surface area contributed by atoms with Crippen molar-refractivity contribution in [2.75, 3.05) is 19.6 Å². The van der Waals surface area contributed by atoms with Crippen LogP contribution in [0.1, 0.15) is 62.2 Å². The molecular formula is C21H31N5O2. The van der Waals surface area contributed by atoms with Gasteiger partial charge >= 0.3 is 0 Å². The summed E-state index contributed by atoms with van der Waals surface area (Å²) in [4.78, 5) is 30.8. The molecule has 2 aromatic rings. The summed E-state index contributed by atoms with van der Waals surface area (Å²) >= 11 is 0. The largest absolute Gasteiger partial charge is 0.356 e. The first kappa shape index (κ1) is 20.3. The van der Waals surface area contributed by atoms with Crippen LogP contribution in [0, 0.1) is 19.8 Å². The molecule has 0 unspecified atom stereocenters. The molecule has 3 heterocycles. The van der Waals surface area contributed by atoms with Gasteiger partial charge in [0.25, 0.3) is 0 Å². The molecule has 3 rings (SSSR count). The zero-order chi connectivity index (χ0) is 20.4. The van der Waals surface area contributed by atoms with Gasteiger partial charge in [-0.3, -0.25) is 9.59 Å². The van der Waals surface area contributed by atoms with E-state index in [0.29, 0.717) is 19.4 Å². The first-order valence-electron chi connectivity index (χ1n) is 10.2. The Hall–Kier alpha value is -2.44. The molecule has 0 bridgehead atoms. The van der Waals surface area contributed by atoms with E-state index in [9.17, 15) is 9.59 Å². The molecule has 2 amide bonds. The van der Waals surface area contributed by atoms with Crippen molar-refractivity contribution < 1.29 is 9.59 Å². The van der Waals surface area contributed by atoms with E-state index in [1.54, 1.807) is 0 Å². The van der Waals surface area contributed by atoms with Gasteiger partial charge in [-0.25, -0.2) is 9.50 Å². The van der Waals surface area contributed by atoms with E-state index in [1.165, 1.54) is 0 Å². The molecule has 28 heavy (non-hydrogen) atoms. The smallest absolute Gasteiger partial charge is 0.225 e. The van der Waals surface area contributed by atoms with Crippen molar-refractivity contribution in [2.24, 2.45) is 5.92 Å². The summed E-state index contributed by atoms with van der Waals surface area (Å²) < 4.78 is 1.89. The average Bonchev–Trinajstić information content (AvgIpc) is 3.27. The van der Waals surface area contributed by atoms with Crippen molar-refractivity contribution >= 4 is 17.5 Å². The number of nitrogens with one attached hydrogen (secondary N) is 1. The number of aromatic nitrogens is 3. The maximum Gasteiger partial charge on any atom is 0.225 e. The second-order valence-electron chi connectivity index (χ2n) is 7.98. The number of hydrogen-bond acceptors (Lipinski definition) is 4. The van der Waals surface area contributed by atoms with Crippen LogP contribution in [0.2, 0.25) is 0 Å². The fourth-order valence-electron chi connectivity index (χ4n) is 4.00. The summed E-state index contributed by atoms with van der Waals surface area (Å²) in [6.07, 6.45) is 2.04. The maximum absolute atomic E-state index is 12.3. The summed E-state index contributed by atoms with van der Waals surface area (Å²) in [6.45, 7) is 12.0. The zero-order valence-corrected chi connectivity index (χ0v) is 17.6. The number of likely N-dealkylation sites (tertiary alicyclic amines) is 1. The van der Waals surface area contributed by atoms with Crippen molar-refractivity contribution in [3.8, 4) is 0 Å². The van der Waals surface area contributed by atoms with E-state index in [0.717, 1.165) is 47.8 Å². The Morgan fingerprint density at radius 3 is 2.75 bits per heavy atom.